The third kappa shape index (κ3) is 2.91. The SMILES string of the molecule is Cn1cc(C2CN(Cc3ccccc3)CC2[N+](=O)[O-])c2ccccc21. The molecule has 1 saturated heterocycles. The van der Waals surface area contributed by atoms with E-state index in [9.17, 15) is 10.1 Å². The highest BCUT2D eigenvalue weighted by molar-refractivity contribution is 5.84. The van der Waals surface area contributed by atoms with E-state index in [0.717, 1.165) is 23.0 Å². The Morgan fingerprint density at radius 2 is 1.80 bits per heavy atom. The fraction of sp³-hybridized carbons (Fsp3) is 0.300. The first-order valence-corrected chi connectivity index (χ1v) is 8.57. The monoisotopic (exact) mass is 335 g/mol. The van der Waals surface area contributed by atoms with Crippen LogP contribution in [0.4, 0.5) is 0 Å². The van der Waals surface area contributed by atoms with Gasteiger partial charge in [0, 0.05) is 42.2 Å². The van der Waals surface area contributed by atoms with E-state index in [0.29, 0.717) is 13.1 Å². The van der Waals surface area contributed by atoms with Crippen LogP contribution >= 0.6 is 0 Å². The number of rotatable bonds is 4. The van der Waals surface area contributed by atoms with E-state index >= 15 is 0 Å². The lowest BCUT2D eigenvalue weighted by Gasteiger charge is -2.14. The summed E-state index contributed by atoms with van der Waals surface area (Å²) in [5.41, 5.74) is 3.42. The van der Waals surface area contributed by atoms with Crippen molar-refractivity contribution in [2.75, 3.05) is 13.1 Å². The van der Waals surface area contributed by atoms with Gasteiger partial charge in [0.05, 0.1) is 12.5 Å². The predicted octanol–water partition coefficient (Wildman–Crippen LogP) is 3.42. The standard InChI is InChI=1S/C20H21N3O2/c1-21-12-17(16-9-5-6-10-19(16)21)18-13-22(14-20(18)23(24)25)11-15-7-3-2-4-8-15/h2-10,12,18,20H,11,13-14H2,1H3. The topological polar surface area (TPSA) is 51.3 Å². The minimum Gasteiger partial charge on any atom is -0.350 e. The molecule has 0 amide bonds. The summed E-state index contributed by atoms with van der Waals surface area (Å²) in [6, 6.07) is 17.8. The van der Waals surface area contributed by atoms with Gasteiger partial charge in [-0.05, 0) is 17.2 Å². The van der Waals surface area contributed by atoms with E-state index in [1.54, 1.807) is 0 Å². The second-order valence-corrected chi connectivity index (χ2v) is 6.85. The Hall–Kier alpha value is -2.66. The highest BCUT2D eigenvalue weighted by atomic mass is 16.6. The van der Waals surface area contributed by atoms with Crippen molar-refractivity contribution in [3.05, 3.63) is 82.0 Å². The lowest BCUT2D eigenvalue weighted by molar-refractivity contribution is -0.521. The van der Waals surface area contributed by atoms with Crippen molar-refractivity contribution >= 4 is 10.9 Å². The van der Waals surface area contributed by atoms with Crippen LogP contribution in [0, 0.1) is 10.1 Å². The van der Waals surface area contributed by atoms with Crippen LogP contribution in [0.25, 0.3) is 10.9 Å². The summed E-state index contributed by atoms with van der Waals surface area (Å²) in [5.74, 6) is -0.0789. The van der Waals surface area contributed by atoms with Crippen LogP contribution in [0.15, 0.2) is 60.8 Å². The van der Waals surface area contributed by atoms with Gasteiger partial charge in [-0.3, -0.25) is 15.0 Å². The molecule has 0 bridgehead atoms. The maximum Gasteiger partial charge on any atom is 0.233 e. The first-order valence-electron chi connectivity index (χ1n) is 8.57. The maximum atomic E-state index is 11.7. The highest BCUT2D eigenvalue weighted by Crippen LogP contribution is 2.35. The molecule has 5 heteroatoms. The van der Waals surface area contributed by atoms with Crippen molar-refractivity contribution in [2.45, 2.75) is 18.5 Å². The van der Waals surface area contributed by atoms with Gasteiger partial charge < -0.3 is 4.57 Å². The zero-order chi connectivity index (χ0) is 17.4. The lowest BCUT2D eigenvalue weighted by atomic mass is 9.94. The average molecular weight is 335 g/mol. The van der Waals surface area contributed by atoms with E-state index < -0.39 is 6.04 Å². The molecule has 0 spiro atoms. The van der Waals surface area contributed by atoms with Crippen LogP contribution in [0.3, 0.4) is 0 Å². The van der Waals surface area contributed by atoms with Gasteiger partial charge in [-0.1, -0.05) is 48.5 Å². The molecule has 3 aromatic rings. The average Bonchev–Trinajstić information content (AvgIpc) is 3.18. The number of nitro groups is 1. The van der Waals surface area contributed by atoms with Crippen molar-refractivity contribution < 1.29 is 4.92 Å². The summed E-state index contributed by atoms with van der Waals surface area (Å²) < 4.78 is 2.07. The van der Waals surface area contributed by atoms with Crippen LogP contribution in [-0.2, 0) is 13.6 Å². The van der Waals surface area contributed by atoms with Gasteiger partial charge >= 0.3 is 0 Å². The Bertz CT molecular complexity index is 904. The molecule has 0 aliphatic carbocycles. The molecular formula is C20H21N3O2. The van der Waals surface area contributed by atoms with E-state index in [1.807, 2.05) is 37.4 Å². The van der Waals surface area contributed by atoms with Crippen molar-refractivity contribution in [2.24, 2.45) is 7.05 Å². The van der Waals surface area contributed by atoms with Crippen LogP contribution in [-0.4, -0.2) is 33.5 Å². The van der Waals surface area contributed by atoms with E-state index in [2.05, 4.69) is 39.9 Å². The summed E-state index contributed by atoms with van der Waals surface area (Å²) in [4.78, 5) is 13.8. The third-order valence-corrected chi connectivity index (χ3v) is 5.21. The summed E-state index contributed by atoms with van der Waals surface area (Å²) in [6.45, 7) is 1.97. The molecule has 0 N–H and O–H groups in total. The molecule has 5 nitrogen and oxygen atoms in total. The van der Waals surface area contributed by atoms with Crippen molar-refractivity contribution in [3.8, 4) is 0 Å². The van der Waals surface area contributed by atoms with E-state index in [-0.39, 0.29) is 10.8 Å². The Morgan fingerprint density at radius 1 is 1.08 bits per heavy atom. The van der Waals surface area contributed by atoms with Crippen LogP contribution in [0.1, 0.15) is 17.0 Å². The Kier molecular flexibility index (Phi) is 4.01. The number of para-hydroxylation sites is 1. The molecule has 0 radical (unpaired) electrons. The molecular weight excluding hydrogens is 314 g/mol. The number of fused-ring (bicyclic) bond motifs is 1. The number of nitrogens with zero attached hydrogens (tertiary/aromatic N) is 3. The number of benzene rings is 2. The molecule has 4 rings (SSSR count). The van der Waals surface area contributed by atoms with Gasteiger partial charge in [-0.25, -0.2) is 0 Å². The zero-order valence-electron chi connectivity index (χ0n) is 14.2. The van der Waals surface area contributed by atoms with E-state index in [4.69, 9.17) is 0 Å². The smallest absolute Gasteiger partial charge is 0.233 e. The first-order chi connectivity index (χ1) is 12.1. The number of aryl methyl sites for hydroxylation is 1. The Morgan fingerprint density at radius 3 is 2.56 bits per heavy atom. The number of hydrogen-bond donors (Lipinski definition) is 0. The molecule has 1 aliphatic heterocycles. The van der Waals surface area contributed by atoms with Gasteiger partial charge in [0.2, 0.25) is 6.04 Å². The van der Waals surface area contributed by atoms with Crippen LogP contribution < -0.4 is 0 Å². The largest absolute Gasteiger partial charge is 0.350 e. The zero-order valence-corrected chi connectivity index (χ0v) is 14.2. The molecule has 25 heavy (non-hydrogen) atoms. The van der Waals surface area contributed by atoms with Crippen molar-refractivity contribution in [1.82, 2.24) is 9.47 Å². The molecule has 2 unspecified atom stereocenters. The second-order valence-electron chi connectivity index (χ2n) is 6.85. The fourth-order valence-corrected chi connectivity index (χ4v) is 4.02. The van der Waals surface area contributed by atoms with Crippen molar-refractivity contribution in [3.63, 3.8) is 0 Å². The summed E-state index contributed by atoms with van der Waals surface area (Å²) in [6.07, 6.45) is 2.07. The first kappa shape index (κ1) is 15.8. The van der Waals surface area contributed by atoms with Crippen LogP contribution in [0.2, 0.25) is 0 Å². The molecule has 0 saturated carbocycles. The Labute approximate surface area is 146 Å². The normalized spacial score (nSPS) is 21.0. The molecule has 2 aromatic carbocycles. The molecule has 128 valence electrons. The quantitative estimate of drug-likeness (QED) is 0.542. The minimum absolute atomic E-state index is 0.0789. The van der Waals surface area contributed by atoms with Gasteiger partial charge in [0.1, 0.15) is 0 Å². The van der Waals surface area contributed by atoms with E-state index in [1.165, 1.54) is 5.56 Å². The van der Waals surface area contributed by atoms with Gasteiger partial charge in [0.25, 0.3) is 0 Å². The molecule has 1 fully saturated rings. The minimum atomic E-state index is -0.561. The van der Waals surface area contributed by atoms with Crippen LogP contribution in [0.5, 0.6) is 0 Å². The second kappa shape index (κ2) is 6.33. The van der Waals surface area contributed by atoms with Gasteiger partial charge in [0.15, 0.2) is 0 Å². The highest BCUT2D eigenvalue weighted by Gasteiger charge is 2.42. The summed E-state index contributed by atoms with van der Waals surface area (Å²) in [7, 11) is 2.00. The molecule has 1 aliphatic rings. The molecule has 2 heterocycles. The van der Waals surface area contributed by atoms with Gasteiger partial charge in [-0.15, -0.1) is 0 Å². The molecule has 2 atom stereocenters. The summed E-state index contributed by atoms with van der Waals surface area (Å²) in [5, 5.41) is 12.8. The number of likely N-dealkylation sites (tertiary alicyclic amines) is 1. The maximum absolute atomic E-state index is 11.7. The molecule has 1 aromatic heterocycles. The van der Waals surface area contributed by atoms with Gasteiger partial charge in [-0.2, -0.15) is 0 Å². The number of hydrogen-bond acceptors (Lipinski definition) is 3. The van der Waals surface area contributed by atoms with Crippen molar-refractivity contribution in [1.29, 1.82) is 0 Å². The predicted molar refractivity (Wildman–Crippen MR) is 98.2 cm³/mol. The Balaban J connectivity index is 1.66. The fourth-order valence-electron chi connectivity index (χ4n) is 4.02. The summed E-state index contributed by atoms with van der Waals surface area (Å²) >= 11 is 0. The third-order valence-electron chi connectivity index (χ3n) is 5.21. The lowest BCUT2D eigenvalue weighted by Crippen LogP contribution is -2.28. The number of aromatic nitrogens is 1.